The third-order valence-electron chi connectivity index (χ3n) is 3.91. The number of hydrogen-bond acceptors (Lipinski definition) is 6. The highest BCUT2D eigenvalue weighted by Crippen LogP contribution is 2.25. The van der Waals surface area contributed by atoms with E-state index in [0.29, 0.717) is 5.69 Å². The van der Waals surface area contributed by atoms with Crippen LogP contribution in [0.1, 0.15) is 29.3 Å². The maximum atomic E-state index is 12.6. The predicted octanol–water partition coefficient (Wildman–Crippen LogP) is 2.53. The Bertz CT molecular complexity index is 900. The Hall–Kier alpha value is -2.61. The Labute approximate surface area is 161 Å². The second kappa shape index (κ2) is 8.85. The van der Waals surface area contributed by atoms with Gasteiger partial charge in [0.05, 0.1) is 24.5 Å². The molecule has 0 bridgehead atoms. The molecule has 1 atom stereocenters. The number of amides is 1. The summed E-state index contributed by atoms with van der Waals surface area (Å²) in [5, 5.41) is 2.72. The van der Waals surface area contributed by atoms with Crippen molar-refractivity contribution < 1.29 is 14.3 Å². The molecular weight excluding hydrogens is 366 g/mol. The molecule has 2 aromatic rings. The van der Waals surface area contributed by atoms with E-state index in [0.717, 1.165) is 34.1 Å². The van der Waals surface area contributed by atoms with Gasteiger partial charge in [-0.25, -0.2) is 4.98 Å². The topological polar surface area (TPSA) is 101 Å². The number of hydrogen-bond donors (Lipinski definition) is 2. The first-order valence-electron chi connectivity index (χ1n) is 8.42. The van der Waals surface area contributed by atoms with Crippen LogP contribution in [-0.2, 0) is 20.7 Å². The molecule has 0 aliphatic rings. The van der Waals surface area contributed by atoms with Gasteiger partial charge in [-0.3, -0.25) is 14.4 Å². The summed E-state index contributed by atoms with van der Waals surface area (Å²) < 4.78 is 4.59. The first-order chi connectivity index (χ1) is 12.7. The Morgan fingerprint density at radius 2 is 1.85 bits per heavy atom. The average molecular weight is 389 g/mol. The number of carbonyl (C=O) groups excluding carboxylic acids is 2. The number of aromatic nitrogens is 2. The molecule has 0 aliphatic carbocycles. The Balaban J connectivity index is 2.13. The third-order valence-corrected chi connectivity index (χ3v) is 4.89. The number of aromatic amines is 1. The molecule has 1 heterocycles. The van der Waals surface area contributed by atoms with Crippen LogP contribution in [0.3, 0.4) is 0 Å². The van der Waals surface area contributed by atoms with Crippen molar-refractivity contribution >= 4 is 29.3 Å². The molecule has 8 heteroatoms. The molecule has 144 valence electrons. The zero-order valence-corrected chi connectivity index (χ0v) is 16.8. The van der Waals surface area contributed by atoms with E-state index in [1.165, 1.54) is 13.2 Å². The van der Waals surface area contributed by atoms with Crippen LogP contribution in [0.15, 0.2) is 28.2 Å². The lowest BCUT2D eigenvalue weighted by Gasteiger charge is -2.16. The maximum Gasteiger partial charge on any atom is 0.311 e. The van der Waals surface area contributed by atoms with Crippen molar-refractivity contribution in [2.24, 2.45) is 0 Å². The van der Waals surface area contributed by atoms with Crippen molar-refractivity contribution in [2.75, 3.05) is 12.4 Å². The molecule has 1 aromatic heterocycles. The lowest BCUT2D eigenvalue weighted by atomic mass is 10.1. The molecule has 0 spiro atoms. The smallest absolute Gasteiger partial charge is 0.311 e. The van der Waals surface area contributed by atoms with Gasteiger partial charge >= 0.3 is 5.97 Å². The van der Waals surface area contributed by atoms with Crippen molar-refractivity contribution in [2.45, 2.75) is 44.5 Å². The van der Waals surface area contributed by atoms with E-state index in [1.807, 2.05) is 32.9 Å². The van der Waals surface area contributed by atoms with Gasteiger partial charge in [-0.1, -0.05) is 29.5 Å². The standard InChI is InChI=1S/C19H23N3O4S/c1-10-6-11(2)17(12(3)7-10)22-18(25)13(4)27-19-20-14(8-15(23)21-19)9-16(24)26-5/h6-8,13H,9H2,1-5H3,(H,22,25)(H,20,21,23)/t13-/m0/s1. The molecule has 2 rings (SSSR count). The number of rotatable bonds is 6. The first-order valence-corrected chi connectivity index (χ1v) is 9.30. The van der Waals surface area contributed by atoms with Gasteiger partial charge in [0.25, 0.3) is 5.56 Å². The van der Waals surface area contributed by atoms with Gasteiger partial charge in [-0.15, -0.1) is 0 Å². The largest absolute Gasteiger partial charge is 0.469 e. The van der Waals surface area contributed by atoms with E-state index in [1.54, 1.807) is 6.92 Å². The minimum atomic E-state index is -0.498. The quantitative estimate of drug-likeness (QED) is 0.447. The predicted molar refractivity (Wildman–Crippen MR) is 105 cm³/mol. The van der Waals surface area contributed by atoms with E-state index < -0.39 is 11.2 Å². The molecular formula is C19H23N3O4S. The first kappa shape index (κ1) is 20.7. The van der Waals surface area contributed by atoms with Gasteiger partial charge in [0.1, 0.15) is 0 Å². The summed E-state index contributed by atoms with van der Waals surface area (Å²) in [6.07, 6.45) is -0.101. The monoisotopic (exact) mass is 389 g/mol. The highest BCUT2D eigenvalue weighted by molar-refractivity contribution is 8.00. The normalized spacial score (nSPS) is 11.7. The summed E-state index contributed by atoms with van der Waals surface area (Å²) in [5.74, 6) is -0.684. The van der Waals surface area contributed by atoms with Crippen LogP contribution in [0.5, 0.6) is 0 Å². The number of H-pyrrole nitrogens is 1. The summed E-state index contributed by atoms with van der Waals surface area (Å²) in [4.78, 5) is 42.5. The highest BCUT2D eigenvalue weighted by Gasteiger charge is 2.18. The maximum absolute atomic E-state index is 12.6. The molecule has 1 amide bonds. The van der Waals surface area contributed by atoms with Crippen LogP contribution in [0.2, 0.25) is 0 Å². The summed E-state index contributed by atoms with van der Waals surface area (Å²) in [6, 6.07) is 5.26. The number of methoxy groups -OCH3 is 1. The number of benzene rings is 1. The molecule has 0 radical (unpaired) electrons. The fourth-order valence-electron chi connectivity index (χ4n) is 2.67. The minimum Gasteiger partial charge on any atom is -0.469 e. The Kier molecular flexibility index (Phi) is 6.79. The molecule has 0 saturated heterocycles. The van der Waals surface area contributed by atoms with E-state index in [2.05, 4.69) is 20.0 Å². The number of ether oxygens (including phenoxy) is 1. The summed E-state index contributed by atoms with van der Waals surface area (Å²) in [5.41, 5.74) is 3.82. The zero-order chi connectivity index (χ0) is 20.1. The van der Waals surface area contributed by atoms with Crippen molar-refractivity contribution in [3.8, 4) is 0 Å². The van der Waals surface area contributed by atoms with Crippen LogP contribution < -0.4 is 10.9 Å². The highest BCUT2D eigenvalue weighted by atomic mass is 32.2. The number of esters is 1. The number of aryl methyl sites for hydroxylation is 3. The van der Waals surface area contributed by atoms with Crippen molar-refractivity contribution in [1.82, 2.24) is 9.97 Å². The van der Waals surface area contributed by atoms with Gasteiger partial charge in [0, 0.05) is 11.8 Å². The Morgan fingerprint density at radius 3 is 2.44 bits per heavy atom. The van der Waals surface area contributed by atoms with Crippen LogP contribution >= 0.6 is 11.8 Å². The van der Waals surface area contributed by atoms with Gasteiger partial charge < -0.3 is 15.0 Å². The second-order valence-electron chi connectivity index (χ2n) is 6.32. The minimum absolute atomic E-state index is 0.101. The molecule has 0 fully saturated rings. The Morgan fingerprint density at radius 1 is 1.22 bits per heavy atom. The average Bonchev–Trinajstić information content (AvgIpc) is 2.57. The number of anilines is 1. The van der Waals surface area contributed by atoms with Crippen molar-refractivity contribution in [3.05, 3.63) is 50.9 Å². The van der Waals surface area contributed by atoms with Crippen LogP contribution in [0.25, 0.3) is 0 Å². The van der Waals surface area contributed by atoms with Gasteiger partial charge in [-0.2, -0.15) is 0 Å². The number of thioether (sulfide) groups is 1. The lowest BCUT2D eigenvalue weighted by Crippen LogP contribution is -2.24. The van der Waals surface area contributed by atoms with E-state index in [-0.39, 0.29) is 23.0 Å². The SMILES string of the molecule is COC(=O)Cc1cc(=O)[nH]c(S[C@@H](C)C(=O)Nc2c(C)cc(C)cc2C)n1. The van der Waals surface area contributed by atoms with E-state index >= 15 is 0 Å². The molecule has 7 nitrogen and oxygen atoms in total. The number of nitrogens with zero attached hydrogens (tertiary/aromatic N) is 1. The van der Waals surface area contributed by atoms with E-state index in [9.17, 15) is 14.4 Å². The number of carbonyl (C=O) groups is 2. The zero-order valence-electron chi connectivity index (χ0n) is 16.0. The molecule has 1 aromatic carbocycles. The van der Waals surface area contributed by atoms with Gasteiger partial charge in [0.2, 0.25) is 5.91 Å². The van der Waals surface area contributed by atoms with Gasteiger partial charge in [0.15, 0.2) is 5.16 Å². The van der Waals surface area contributed by atoms with Crippen LogP contribution in [0.4, 0.5) is 5.69 Å². The van der Waals surface area contributed by atoms with Crippen LogP contribution in [-0.4, -0.2) is 34.2 Å². The second-order valence-corrected chi connectivity index (χ2v) is 7.65. The lowest BCUT2D eigenvalue weighted by molar-refractivity contribution is -0.139. The molecule has 0 aliphatic heterocycles. The molecule has 0 unspecified atom stereocenters. The summed E-state index contributed by atoms with van der Waals surface area (Å²) >= 11 is 1.12. The number of nitrogens with one attached hydrogen (secondary N) is 2. The van der Waals surface area contributed by atoms with E-state index in [4.69, 9.17) is 0 Å². The summed E-state index contributed by atoms with van der Waals surface area (Å²) in [6.45, 7) is 7.63. The fraction of sp³-hybridized carbons (Fsp3) is 0.368. The summed E-state index contributed by atoms with van der Waals surface area (Å²) in [7, 11) is 1.27. The molecule has 27 heavy (non-hydrogen) atoms. The third kappa shape index (κ3) is 5.68. The molecule has 0 saturated carbocycles. The van der Waals surface area contributed by atoms with Gasteiger partial charge in [-0.05, 0) is 38.8 Å². The van der Waals surface area contributed by atoms with Crippen molar-refractivity contribution in [1.29, 1.82) is 0 Å². The van der Waals surface area contributed by atoms with Crippen LogP contribution in [0, 0.1) is 20.8 Å². The molecule has 2 N–H and O–H groups in total. The van der Waals surface area contributed by atoms with Crippen molar-refractivity contribution in [3.63, 3.8) is 0 Å². The fourth-order valence-corrected chi connectivity index (χ4v) is 3.50.